The Labute approximate surface area is 123 Å². The molecule has 0 saturated carbocycles. The first-order valence-electron chi connectivity index (χ1n) is 6.10. The van der Waals surface area contributed by atoms with Crippen LogP contribution >= 0.6 is 11.6 Å². The fourth-order valence-corrected chi connectivity index (χ4v) is 1.97. The predicted octanol–water partition coefficient (Wildman–Crippen LogP) is 2.49. The molecule has 0 amide bonds. The first kappa shape index (κ1) is 13.3. The third-order valence-corrected chi connectivity index (χ3v) is 3.12. The Morgan fingerprint density at radius 1 is 1.05 bits per heavy atom. The van der Waals surface area contributed by atoms with Crippen LogP contribution in [0, 0.1) is 0 Å². The Morgan fingerprint density at radius 2 is 1.76 bits per heavy atom. The summed E-state index contributed by atoms with van der Waals surface area (Å²) in [6, 6.07) is 13.3. The van der Waals surface area contributed by atoms with Crippen molar-refractivity contribution >= 4 is 28.8 Å². The van der Waals surface area contributed by atoms with Crippen molar-refractivity contribution in [1.82, 2.24) is 4.68 Å². The summed E-state index contributed by atoms with van der Waals surface area (Å²) in [5.74, 6) is -0.830. The van der Waals surface area contributed by atoms with Crippen molar-refractivity contribution in [2.75, 3.05) is 0 Å². The summed E-state index contributed by atoms with van der Waals surface area (Å²) >= 11 is 5.78. The van der Waals surface area contributed by atoms with Crippen molar-refractivity contribution in [2.45, 2.75) is 0 Å². The van der Waals surface area contributed by atoms with Crippen molar-refractivity contribution < 1.29 is 4.42 Å². The summed E-state index contributed by atoms with van der Waals surface area (Å²) in [5.41, 5.74) is 0.427. The van der Waals surface area contributed by atoms with E-state index in [2.05, 4.69) is 5.10 Å². The van der Waals surface area contributed by atoms with E-state index in [4.69, 9.17) is 16.0 Å². The summed E-state index contributed by atoms with van der Waals surface area (Å²) in [6.45, 7) is 0. The summed E-state index contributed by atoms with van der Waals surface area (Å²) in [4.78, 5) is 24.0. The zero-order valence-corrected chi connectivity index (χ0v) is 11.4. The largest absolute Gasteiger partial charge is 0.443 e. The van der Waals surface area contributed by atoms with E-state index in [9.17, 15) is 9.59 Å². The molecule has 0 aliphatic heterocycles. The highest BCUT2D eigenvalue weighted by atomic mass is 35.5. The molecule has 3 aromatic rings. The minimum Gasteiger partial charge on any atom is -0.408 e. The number of nitrogens with zero attached hydrogens (tertiary/aromatic N) is 2. The molecule has 0 radical (unpaired) electrons. The van der Waals surface area contributed by atoms with E-state index >= 15 is 0 Å². The van der Waals surface area contributed by atoms with E-state index < -0.39 is 11.3 Å². The average Bonchev–Trinajstić information content (AvgIpc) is 2.49. The number of hydrogen-bond acceptors (Lipinski definition) is 4. The first-order valence-corrected chi connectivity index (χ1v) is 6.48. The summed E-state index contributed by atoms with van der Waals surface area (Å²) in [5, 5.41) is 4.77. The van der Waals surface area contributed by atoms with Crippen molar-refractivity contribution in [2.24, 2.45) is 5.10 Å². The number of rotatable bonds is 2. The quantitative estimate of drug-likeness (QED) is 0.683. The first-order chi connectivity index (χ1) is 10.1. The molecule has 21 heavy (non-hydrogen) atoms. The van der Waals surface area contributed by atoms with Crippen LogP contribution in [-0.4, -0.2) is 10.9 Å². The summed E-state index contributed by atoms with van der Waals surface area (Å²) < 4.78 is 5.75. The third kappa shape index (κ3) is 2.64. The van der Waals surface area contributed by atoms with Gasteiger partial charge in [0.2, 0.25) is 0 Å². The highest BCUT2D eigenvalue weighted by Crippen LogP contribution is 2.08. The SMILES string of the molecule is O=c1oc2ccccc2c(=O)n1/N=C/c1ccc(Cl)cc1. The van der Waals surface area contributed by atoms with Gasteiger partial charge in [0.1, 0.15) is 5.58 Å². The Bertz CT molecular complexity index is 940. The normalized spacial score (nSPS) is 11.3. The van der Waals surface area contributed by atoms with Crippen molar-refractivity contribution in [3.05, 3.63) is 80.0 Å². The Kier molecular flexibility index (Phi) is 3.41. The van der Waals surface area contributed by atoms with Crippen LogP contribution in [0.5, 0.6) is 0 Å². The zero-order chi connectivity index (χ0) is 14.8. The lowest BCUT2D eigenvalue weighted by Crippen LogP contribution is -2.29. The van der Waals surface area contributed by atoms with Gasteiger partial charge < -0.3 is 4.42 Å². The Hall–Kier alpha value is -2.66. The van der Waals surface area contributed by atoms with Crippen LogP contribution in [-0.2, 0) is 0 Å². The number of aromatic nitrogens is 1. The average molecular weight is 301 g/mol. The summed E-state index contributed by atoms with van der Waals surface area (Å²) in [6.07, 6.45) is 1.39. The van der Waals surface area contributed by atoms with Crippen molar-refractivity contribution in [1.29, 1.82) is 0 Å². The van der Waals surface area contributed by atoms with Gasteiger partial charge in [0.05, 0.1) is 11.6 Å². The van der Waals surface area contributed by atoms with Gasteiger partial charge in [-0.1, -0.05) is 35.9 Å². The molecular formula is C15H9ClN2O3. The highest BCUT2D eigenvalue weighted by molar-refractivity contribution is 6.30. The van der Waals surface area contributed by atoms with Crippen LogP contribution in [0.25, 0.3) is 11.0 Å². The molecule has 5 nitrogen and oxygen atoms in total. The van der Waals surface area contributed by atoms with Crippen LogP contribution in [0.4, 0.5) is 0 Å². The highest BCUT2D eigenvalue weighted by Gasteiger charge is 2.07. The number of hydrogen-bond donors (Lipinski definition) is 0. The maximum Gasteiger partial charge on any atom is 0.443 e. The molecule has 1 aromatic heterocycles. The molecule has 1 heterocycles. The number of fused-ring (bicyclic) bond motifs is 1. The van der Waals surface area contributed by atoms with E-state index in [0.717, 1.165) is 0 Å². The molecule has 0 aliphatic carbocycles. The molecule has 2 aromatic carbocycles. The lowest BCUT2D eigenvalue weighted by atomic mass is 10.2. The molecule has 104 valence electrons. The van der Waals surface area contributed by atoms with E-state index in [-0.39, 0.29) is 5.58 Å². The molecule has 3 rings (SSSR count). The fraction of sp³-hybridized carbons (Fsp3) is 0. The number of para-hydroxylation sites is 1. The van der Waals surface area contributed by atoms with Crippen LogP contribution in [0.1, 0.15) is 5.56 Å². The second-order valence-corrected chi connectivity index (χ2v) is 4.71. The van der Waals surface area contributed by atoms with Crippen LogP contribution in [0.2, 0.25) is 5.02 Å². The molecule has 0 unspecified atom stereocenters. The molecule has 0 saturated heterocycles. The molecule has 0 spiro atoms. The Morgan fingerprint density at radius 3 is 2.52 bits per heavy atom. The van der Waals surface area contributed by atoms with Gasteiger partial charge in [0, 0.05) is 5.02 Å². The van der Waals surface area contributed by atoms with Crippen molar-refractivity contribution in [3.8, 4) is 0 Å². The van der Waals surface area contributed by atoms with Crippen LogP contribution in [0.15, 0.2) is 67.6 Å². The third-order valence-electron chi connectivity index (χ3n) is 2.87. The lowest BCUT2D eigenvalue weighted by Gasteiger charge is -1.99. The van der Waals surface area contributed by atoms with Gasteiger partial charge in [0.15, 0.2) is 0 Å². The topological polar surface area (TPSA) is 64.6 Å². The van der Waals surface area contributed by atoms with Gasteiger partial charge in [0.25, 0.3) is 5.56 Å². The van der Waals surface area contributed by atoms with E-state index in [1.54, 1.807) is 48.5 Å². The monoisotopic (exact) mass is 300 g/mol. The second kappa shape index (κ2) is 5.38. The van der Waals surface area contributed by atoms with Gasteiger partial charge in [-0.05, 0) is 29.8 Å². The molecule has 0 fully saturated rings. The van der Waals surface area contributed by atoms with Gasteiger partial charge >= 0.3 is 5.76 Å². The van der Waals surface area contributed by atoms with Gasteiger partial charge in [-0.15, -0.1) is 4.68 Å². The molecule has 0 bridgehead atoms. The zero-order valence-electron chi connectivity index (χ0n) is 10.7. The van der Waals surface area contributed by atoms with E-state index in [0.29, 0.717) is 20.6 Å². The van der Waals surface area contributed by atoms with Gasteiger partial charge in [-0.25, -0.2) is 4.79 Å². The Balaban J connectivity index is 2.10. The van der Waals surface area contributed by atoms with E-state index in [1.165, 1.54) is 6.21 Å². The molecule has 6 heteroatoms. The fourth-order valence-electron chi connectivity index (χ4n) is 1.84. The molecule has 0 atom stereocenters. The van der Waals surface area contributed by atoms with Gasteiger partial charge in [-0.3, -0.25) is 4.79 Å². The maximum absolute atomic E-state index is 12.2. The lowest BCUT2D eigenvalue weighted by molar-refractivity contribution is 0.481. The minimum atomic E-state index is -0.830. The number of halogens is 1. The standard InChI is InChI=1S/C15H9ClN2O3/c16-11-7-5-10(6-8-11)9-17-18-14(19)12-3-1-2-4-13(12)21-15(18)20/h1-9H/b17-9+. The van der Waals surface area contributed by atoms with Crippen LogP contribution in [0.3, 0.4) is 0 Å². The van der Waals surface area contributed by atoms with Crippen molar-refractivity contribution in [3.63, 3.8) is 0 Å². The summed E-state index contributed by atoms with van der Waals surface area (Å²) in [7, 11) is 0. The van der Waals surface area contributed by atoms with Crippen LogP contribution < -0.4 is 11.3 Å². The molecular weight excluding hydrogens is 292 g/mol. The molecule has 0 N–H and O–H groups in total. The van der Waals surface area contributed by atoms with Gasteiger partial charge in [-0.2, -0.15) is 5.10 Å². The van der Waals surface area contributed by atoms with E-state index in [1.807, 2.05) is 0 Å². The predicted molar refractivity (Wildman–Crippen MR) is 81.2 cm³/mol. The minimum absolute atomic E-state index is 0.241. The number of benzene rings is 2. The maximum atomic E-state index is 12.2. The molecule has 0 aliphatic rings. The second-order valence-electron chi connectivity index (χ2n) is 4.28. The smallest absolute Gasteiger partial charge is 0.408 e.